The predicted octanol–water partition coefficient (Wildman–Crippen LogP) is 15.6. The quantitative estimate of drug-likeness (QED) is 0.170. The Bertz CT molecular complexity index is 3360. The number of furan rings is 2. The Labute approximate surface area is 322 Å². The topological polar surface area (TPSA) is 26.3 Å². The predicted molar refractivity (Wildman–Crippen MR) is 235 cm³/mol. The normalized spacial score (nSPS) is 11.9. The summed E-state index contributed by atoms with van der Waals surface area (Å²) in [5, 5.41) is 11.8. The highest BCUT2D eigenvalue weighted by Gasteiger charge is 2.18. The molecule has 0 aliphatic heterocycles. The van der Waals surface area contributed by atoms with Gasteiger partial charge in [-0.05, 0) is 131 Å². The minimum Gasteiger partial charge on any atom is -0.456 e. The zero-order chi connectivity index (χ0) is 36.7. The molecule has 0 saturated heterocycles. The fraction of sp³-hybridized carbons (Fsp3) is 0. The number of benzene rings is 10. The minimum atomic E-state index is 0.894. The second kappa shape index (κ2) is 12.0. The lowest BCUT2D eigenvalue weighted by Gasteiger charge is -2.18. The first-order chi connectivity index (χ1) is 27.7. The molecule has 56 heavy (non-hydrogen) atoms. The van der Waals surface area contributed by atoms with Crippen LogP contribution in [0.15, 0.2) is 203 Å². The second-order valence-corrected chi connectivity index (χ2v) is 14.8. The van der Waals surface area contributed by atoms with Crippen LogP contribution in [-0.4, -0.2) is 0 Å². The molecule has 12 rings (SSSR count). The van der Waals surface area contributed by atoms with Crippen molar-refractivity contribution in [3.05, 3.63) is 194 Å². The van der Waals surface area contributed by atoms with Gasteiger partial charge in [0, 0.05) is 21.5 Å². The van der Waals surface area contributed by atoms with Crippen LogP contribution in [-0.2, 0) is 0 Å². The fourth-order valence-corrected chi connectivity index (χ4v) is 8.98. The summed E-state index contributed by atoms with van der Waals surface area (Å²) in [4.78, 5) is 0. The third-order valence-corrected chi connectivity index (χ3v) is 11.7. The Morgan fingerprint density at radius 3 is 1.29 bits per heavy atom. The highest BCUT2D eigenvalue weighted by Crippen LogP contribution is 2.45. The van der Waals surface area contributed by atoms with Crippen molar-refractivity contribution >= 4 is 76.2 Å². The summed E-state index contributed by atoms with van der Waals surface area (Å²) in [5.41, 5.74) is 13.1. The van der Waals surface area contributed by atoms with Gasteiger partial charge in [0.2, 0.25) is 0 Å². The second-order valence-electron chi connectivity index (χ2n) is 14.8. The van der Waals surface area contributed by atoms with Gasteiger partial charge < -0.3 is 8.83 Å². The Morgan fingerprint density at radius 2 is 0.696 bits per heavy atom. The van der Waals surface area contributed by atoms with Crippen molar-refractivity contribution in [1.82, 2.24) is 0 Å². The number of hydrogen-bond acceptors (Lipinski definition) is 2. The number of rotatable bonds is 4. The number of hydrogen-bond donors (Lipinski definition) is 0. The van der Waals surface area contributed by atoms with E-state index in [4.69, 9.17) is 8.83 Å². The Kier molecular flexibility index (Phi) is 6.66. The lowest BCUT2D eigenvalue weighted by molar-refractivity contribution is 0.668. The maximum atomic E-state index is 6.39. The van der Waals surface area contributed by atoms with Gasteiger partial charge in [0.25, 0.3) is 0 Å². The van der Waals surface area contributed by atoms with E-state index in [1.807, 2.05) is 24.3 Å². The fourth-order valence-electron chi connectivity index (χ4n) is 8.98. The maximum absolute atomic E-state index is 6.39. The summed E-state index contributed by atoms with van der Waals surface area (Å²) < 4.78 is 12.8. The molecule has 0 N–H and O–H groups in total. The van der Waals surface area contributed by atoms with Crippen LogP contribution in [0, 0.1) is 0 Å². The van der Waals surface area contributed by atoms with Crippen molar-refractivity contribution in [2.75, 3.05) is 0 Å². The van der Waals surface area contributed by atoms with Gasteiger partial charge in [-0.1, -0.05) is 140 Å². The smallest absolute Gasteiger partial charge is 0.136 e. The largest absolute Gasteiger partial charge is 0.456 e. The SMILES string of the molecule is c1ccc(-c2ccc3cc(-c4c5cccc(-c6ccc7c(c6)oc6ccccc67)c5cc5c(-c6ccc7c(c6)oc6ccccc67)cccc45)ccc3c2)cc1. The monoisotopic (exact) mass is 712 g/mol. The number of fused-ring (bicyclic) bond motifs is 9. The molecule has 0 fully saturated rings. The van der Waals surface area contributed by atoms with Gasteiger partial charge in [-0.2, -0.15) is 0 Å². The summed E-state index contributed by atoms with van der Waals surface area (Å²) in [7, 11) is 0. The summed E-state index contributed by atoms with van der Waals surface area (Å²) in [5.74, 6) is 0. The standard InChI is InChI=1S/C54H32O2/c1-2-10-33(11-3-1)34-20-21-36-29-39(23-22-35(36)28-34)54-46-16-8-14-40(37-24-26-44-42-12-4-6-18-50(42)55-52(44)30-37)48(46)32-49-41(15-9-17-47(49)54)38-25-27-45-43-13-5-7-19-51(43)56-53(45)31-38/h1-32H. The minimum absolute atomic E-state index is 0.894. The van der Waals surface area contributed by atoms with Gasteiger partial charge in [-0.3, -0.25) is 0 Å². The lowest BCUT2D eigenvalue weighted by Crippen LogP contribution is -1.91. The molecule has 2 nitrogen and oxygen atoms in total. The molecule has 2 aromatic heterocycles. The van der Waals surface area contributed by atoms with E-state index in [9.17, 15) is 0 Å². The van der Waals surface area contributed by atoms with Crippen LogP contribution in [0.3, 0.4) is 0 Å². The van der Waals surface area contributed by atoms with Crippen molar-refractivity contribution in [2.24, 2.45) is 0 Å². The van der Waals surface area contributed by atoms with Crippen LogP contribution in [0.25, 0.3) is 121 Å². The zero-order valence-corrected chi connectivity index (χ0v) is 30.3. The highest BCUT2D eigenvalue weighted by atomic mass is 16.3. The molecule has 0 spiro atoms. The summed E-state index contributed by atoms with van der Waals surface area (Å²) >= 11 is 0. The van der Waals surface area contributed by atoms with Crippen molar-refractivity contribution in [3.8, 4) is 44.5 Å². The van der Waals surface area contributed by atoms with E-state index in [1.54, 1.807) is 0 Å². The van der Waals surface area contributed by atoms with Crippen molar-refractivity contribution in [3.63, 3.8) is 0 Å². The van der Waals surface area contributed by atoms with Crippen molar-refractivity contribution in [1.29, 1.82) is 0 Å². The Hall–Kier alpha value is -7.42. The first-order valence-corrected chi connectivity index (χ1v) is 19.1. The molecule has 0 amide bonds. The molecule has 0 atom stereocenters. The van der Waals surface area contributed by atoms with Crippen LogP contribution in [0.2, 0.25) is 0 Å². The van der Waals surface area contributed by atoms with E-state index in [-0.39, 0.29) is 0 Å². The molecule has 0 saturated carbocycles. The Morgan fingerprint density at radius 1 is 0.232 bits per heavy atom. The van der Waals surface area contributed by atoms with Crippen molar-refractivity contribution in [2.45, 2.75) is 0 Å². The van der Waals surface area contributed by atoms with Crippen LogP contribution in [0.5, 0.6) is 0 Å². The molecular weight excluding hydrogens is 681 g/mol. The molecule has 0 bridgehead atoms. The lowest BCUT2D eigenvalue weighted by atomic mass is 9.85. The van der Waals surface area contributed by atoms with E-state index in [0.29, 0.717) is 0 Å². The molecule has 12 aromatic rings. The van der Waals surface area contributed by atoms with Crippen LogP contribution < -0.4 is 0 Å². The molecule has 2 heteroatoms. The van der Waals surface area contributed by atoms with Crippen LogP contribution >= 0.6 is 0 Å². The summed E-state index contributed by atoms with van der Waals surface area (Å²) in [6.07, 6.45) is 0. The number of para-hydroxylation sites is 2. The van der Waals surface area contributed by atoms with Gasteiger partial charge in [0.1, 0.15) is 22.3 Å². The molecule has 0 aliphatic rings. The van der Waals surface area contributed by atoms with E-state index in [0.717, 1.165) is 55.0 Å². The van der Waals surface area contributed by atoms with Gasteiger partial charge >= 0.3 is 0 Å². The van der Waals surface area contributed by atoms with Gasteiger partial charge in [0.05, 0.1) is 0 Å². The molecule has 2 heterocycles. The van der Waals surface area contributed by atoms with Gasteiger partial charge in [-0.15, -0.1) is 0 Å². The Balaban J connectivity index is 1.12. The average Bonchev–Trinajstić information content (AvgIpc) is 3.82. The molecule has 0 aliphatic carbocycles. The summed E-state index contributed by atoms with van der Waals surface area (Å²) in [6.45, 7) is 0. The average molecular weight is 713 g/mol. The third-order valence-electron chi connectivity index (χ3n) is 11.7. The molecule has 0 radical (unpaired) electrons. The van der Waals surface area contributed by atoms with Gasteiger partial charge in [-0.25, -0.2) is 0 Å². The maximum Gasteiger partial charge on any atom is 0.136 e. The van der Waals surface area contributed by atoms with Crippen LogP contribution in [0.1, 0.15) is 0 Å². The first kappa shape index (κ1) is 31.0. The summed E-state index contributed by atoms with van der Waals surface area (Å²) in [6, 6.07) is 70.0. The van der Waals surface area contributed by atoms with Crippen molar-refractivity contribution < 1.29 is 8.83 Å². The van der Waals surface area contributed by atoms with E-state index >= 15 is 0 Å². The molecule has 260 valence electrons. The molecule has 0 unspecified atom stereocenters. The van der Waals surface area contributed by atoms with E-state index in [1.165, 1.54) is 65.7 Å². The highest BCUT2D eigenvalue weighted by molar-refractivity contribution is 6.20. The van der Waals surface area contributed by atoms with E-state index in [2.05, 4.69) is 170 Å². The molecular formula is C54H32O2. The van der Waals surface area contributed by atoms with E-state index < -0.39 is 0 Å². The third kappa shape index (κ3) is 4.76. The van der Waals surface area contributed by atoms with Crippen LogP contribution in [0.4, 0.5) is 0 Å². The van der Waals surface area contributed by atoms with Gasteiger partial charge in [0.15, 0.2) is 0 Å². The zero-order valence-electron chi connectivity index (χ0n) is 30.3. The first-order valence-electron chi connectivity index (χ1n) is 19.1. The molecule has 10 aromatic carbocycles.